The van der Waals surface area contributed by atoms with Gasteiger partial charge in [0.15, 0.2) is 11.5 Å². The zero-order valence-corrected chi connectivity index (χ0v) is 11.2. The lowest BCUT2D eigenvalue weighted by Gasteiger charge is -2.23. The van der Waals surface area contributed by atoms with E-state index in [-0.39, 0.29) is 6.61 Å². The van der Waals surface area contributed by atoms with E-state index in [0.29, 0.717) is 26.1 Å². The van der Waals surface area contributed by atoms with Gasteiger partial charge in [-0.25, -0.2) is 0 Å². The number of ether oxygens (including phenoxy) is 3. The summed E-state index contributed by atoms with van der Waals surface area (Å²) in [7, 11) is 1.62. The minimum Gasteiger partial charge on any atom is -0.495 e. The van der Waals surface area contributed by atoms with Crippen molar-refractivity contribution in [2.24, 2.45) is 0 Å². The average molecular weight is 303 g/mol. The summed E-state index contributed by atoms with van der Waals surface area (Å²) in [5.74, 6) is 2.23. The van der Waals surface area contributed by atoms with Crippen LogP contribution in [0, 0.1) is 0 Å². The van der Waals surface area contributed by atoms with Gasteiger partial charge in [-0.15, -0.1) is 0 Å². The highest BCUT2D eigenvalue weighted by molar-refractivity contribution is 9.10. The van der Waals surface area contributed by atoms with Crippen molar-refractivity contribution in [2.45, 2.75) is 12.8 Å². The average Bonchev–Trinajstić information content (AvgIpc) is 2.35. The van der Waals surface area contributed by atoms with Crippen LogP contribution in [0.3, 0.4) is 0 Å². The van der Waals surface area contributed by atoms with Crippen molar-refractivity contribution in [1.82, 2.24) is 0 Å². The molecule has 1 heterocycles. The number of halogens is 1. The van der Waals surface area contributed by atoms with E-state index in [1.165, 1.54) is 0 Å². The SMILES string of the molecule is COc1c(Br)cc2c(c1CCCO)OCCO2. The number of hydrogen-bond acceptors (Lipinski definition) is 4. The molecule has 0 aromatic heterocycles. The second-order valence-corrected chi connectivity index (χ2v) is 4.58. The van der Waals surface area contributed by atoms with Crippen LogP contribution in [0.2, 0.25) is 0 Å². The Morgan fingerprint density at radius 2 is 2.18 bits per heavy atom. The van der Waals surface area contributed by atoms with E-state index in [9.17, 15) is 0 Å². The number of aliphatic hydroxyl groups excluding tert-OH is 1. The summed E-state index contributed by atoms with van der Waals surface area (Å²) in [6.07, 6.45) is 1.37. The topological polar surface area (TPSA) is 47.9 Å². The third-order valence-corrected chi connectivity index (χ3v) is 3.21. The number of benzene rings is 1. The van der Waals surface area contributed by atoms with E-state index >= 15 is 0 Å². The molecule has 1 aromatic carbocycles. The van der Waals surface area contributed by atoms with E-state index < -0.39 is 0 Å². The standard InChI is InChI=1S/C12H15BrO4/c1-15-11-8(3-2-4-14)12-10(7-9(11)13)16-5-6-17-12/h7,14H,2-6H2,1H3. The summed E-state index contributed by atoms with van der Waals surface area (Å²) in [5, 5.41) is 8.94. The van der Waals surface area contributed by atoms with Gasteiger partial charge >= 0.3 is 0 Å². The molecule has 5 heteroatoms. The minimum absolute atomic E-state index is 0.144. The van der Waals surface area contributed by atoms with Crippen LogP contribution < -0.4 is 14.2 Å². The Labute approximate surface area is 109 Å². The maximum atomic E-state index is 8.94. The molecule has 0 fully saturated rings. The normalized spacial score (nSPS) is 13.6. The highest BCUT2D eigenvalue weighted by Crippen LogP contribution is 2.44. The molecule has 0 atom stereocenters. The van der Waals surface area contributed by atoms with Crippen molar-refractivity contribution < 1.29 is 19.3 Å². The predicted octanol–water partition coefficient (Wildman–Crippen LogP) is 2.15. The first-order valence-electron chi connectivity index (χ1n) is 5.53. The van der Waals surface area contributed by atoms with Crippen molar-refractivity contribution in [2.75, 3.05) is 26.9 Å². The first kappa shape index (κ1) is 12.5. The summed E-state index contributed by atoms with van der Waals surface area (Å²) in [6.45, 7) is 1.25. The second-order valence-electron chi connectivity index (χ2n) is 3.72. The zero-order valence-electron chi connectivity index (χ0n) is 9.66. The van der Waals surface area contributed by atoms with E-state index in [2.05, 4.69) is 15.9 Å². The largest absolute Gasteiger partial charge is 0.495 e. The number of aliphatic hydroxyl groups is 1. The van der Waals surface area contributed by atoms with Crippen LogP contribution in [0.1, 0.15) is 12.0 Å². The Morgan fingerprint density at radius 3 is 2.88 bits per heavy atom. The lowest BCUT2D eigenvalue weighted by molar-refractivity contribution is 0.168. The molecule has 0 unspecified atom stereocenters. The highest BCUT2D eigenvalue weighted by atomic mass is 79.9. The molecular formula is C12H15BrO4. The third-order valence-electron chi connectivity index (χ3n) is 2.62. The van der Waals surface area contributed by atoms with Crippen molar-refractivity contribution >= 4 is 15.9 Å². The fourth-order valence-electron chi connectivity index (χ4n) is 1.91. The van der Waals surface area contributed by atoms with Gasteiger partial charge in [0.05, 0.1) is 11.6 Å². The Bertz CT molecular complexity index is 406. The van der Waals surface area contributed by atoms with Crippen LogP contribution in [-0.4, -0.2) is 32.0 Å². The Hall–Kier alpha value is -0.940. The summed E-state index contributed by atoms with van der Waals surface area (Å²) in [5.41, 5.74) is 0.950. The molecule has 4 nitrogen and oxygen atoms in total. The summed E-state index contributed by atoms with van der Waals surface area (Å²) < 4.78 is 17.4. The predicted molar refractivity (Wildman–Crippen MR) is 67.1 cm³/mol. The van der Waals surface area contributed by atoms with Crippen LogP contribution in [0.5, 0.6) is 17.2 Å². The van der Waals surface area contributed by atoms with Crippen molar-refractivity contribution in [1.29, 1.82) is 0 Å². The number of fused-ring (bicyclic) bond motifs is 1. The van der Waals surface area contributed by atoms with E-state index in [4.69, 9.17) is 19.3 Å². The van der Waals surface area contributed by atoms with Crippen molar-refractivity contribution in [3.63, 3.8) is 0 Å². The molecule has 0 aliphatic carbocycles. The van der Waals surface area contributed by atoms with Gasteiger partial charge in [-0.1, -0.05) is 0 Å². The third kappa shape index (κ3) is 2.50. The van der Waals surface area contributed by atoms with Crippen LogP contribution in [-0.2, 0) is 6.42 Å². The quantitative estimate of drug-likeness (QED) is 0.926. The molecule has 0 amide bonds. The van der Waals surface area contributed by atoms with Crippen LogP contribution >= 0.6 is 15.9 Å². The molecule has 17 heavy (non-hydrogen) atoms. The van der Waals surface area contributed by atoms with Gasteiger partial charge in [-0.3, -0.25) is 0 Å². The molecular weight excluding hydrogens is 288 g/mol. The van der Waals surface area contributed by atoms with Gasteiger partial charge in [0, 0.05) is 18.2 Å². The fraction of sp³-hybridized carbons (Fsp3) is 0.500. The molecule has 2 rings (SSSR count). The van der Waals surface area contributed by atoms with Gasteiger partial charge in [-0.2, -0.15) is 0 Å². The minimum atomic E-state index is 0.144. The summed E-state index contributed by atoms with van der Waals surface area (Å²) in [4.78, 5) is 0. The maximum Gasteiger partial charge on any atom is 0.168 e. The molecule has 0 radical (unpaired) electrons. The first-order chi connectivity index (χ1) is 8.27. The van der Waals surface area contributed by atoms with Crippen molar-refractivity contribution in [3.05, 3.63) is 16.1 Å². The summed E-state index contributed by atoms with van der Waals surface area (Å²) in [6, 6.07) is 1.86. The number of methoxy groups -OCH3 is 1. The molecule has 0 saturated carbocycles. The molecule has 1 N–H and O–H groups in total. The van der Waals surface area contributed by atoms with Crippen LogP contribution in [0.15, 0.2) is 10.5 Å². The Kier molecular flexibility index (Phi) is 4.12. The van der Waals surface area contributed by atoms with E-state index in [0.717, 1.165) is 27.3 Å². The molecule has 0 bridgehead atoms. The zero-order chi connectivity index (χ0) is 12.3. The Morgan fingerprint density at radius 1 is 1.41 bits per heavy atom. The van der Waals surface area contributed by atoms with Gasteiger partial charge in [0.1, 0.15) is 19.0 Å². The second kappa shape index (κ2) is 5.60. The van der Waals surface area contributed by atoms with Gasteiger partial charge in [0.25, 0.3) is 0 Å². The molecule has 0 saturated heterocycles. The summed E-state index contributed by atoms with van der Waals surface area (Å²) >= 11 is 3.46. The van der Waals surface area contributed by atoms with Crippen LogP contribution in [0.4, 0.5) is 0 Å². The first-order valence-corrected chi connectivity index (χ1v) is 6.33. The number of hydrogen-bond donors (Lipinski definition) is 1. The van der Waals surface area contributed by atoms with E-state index in [1.807, 2.05) is 6.07 Å². The monoisotopic (exact) mass is 302 g/mol. The molecule has 0 spiro atoms. The van der Waals surface area contributed by atoms with Gasteiger partial charge in [-0.05, 0) is 28.8 Å². The highest BCUT2D eigenvalue weighted by Gasteiger charge is 2.22. The fourth-order valence-corrected chi connectivity index (χ4v) is 2.52. The van der Waals surface area contributed by atoms with Gasteiger partial charge in [0.2, 0.25) is 0 Å². The number of rotatable bonds is 4. The van der Waals surface area contributed by atoms with E-state index in [1.54, 1.807) is 7.11 Å². The molecule has 1 aliphatic heterocycles. The lowest BCUT2D eigenvalue weighted by atomic mass is 10.1. The smallest absolute Gasteiger partial charge is 0.168 e. The molecule has 94 valence electrons. The van der Waals surface area contributed by atoms with Crippen molar-refractivity contribution in [3.8, 4) is 17.2 Å². The van der Waals surface area contributed by atoms with Crippen LogP contribution in [0.25, 0.3) is 0 Å². The van der Waals surface area contributed by atoms with Gasteiger partial charge < -0.3 is 19.3 Å². The maximum absolute atomic E-state index is 8.94. The molecule has 1 aromatic rings. The lowest BCUT2D eigenvalue weighted by Crippen LogP contribution is -2.17. The molecule has 1 aliphatic rings. The Balaban J connectivity index is 2.45.